The molecule has 2 unspecified atom stereocenters. The van der Waals surface area contributed by atoms with Crippen LogP contribution in [0.15, 0.2) is 28.7 Å². The summed E-state index contributed by atoms with van der Waals surface area (Å²) >= 11 is 0. The number of fused-ring (bicyclic) bond motifs is 1. The van der Waals surface area contributed by atoms with E-state index in [1.807, 2.05) is 6.07 Å². The van der Waals surface area contributed by atoms with Gasteiger partial charge in [-0.25, -0.2) is 4.39 Å². The van der Waals surface area contributed by atoms with E-state index in [-0.39, 0.29) is 11.2 Å². The van der Waals surface area contributed by atoms with E-state index in [2.05, 4.69) is 19.2 Å². The fourth-order valence-corrected chi connectivity index (χ4v) is 3.30. The van der Waals surface area contributed by atoms with Crippen LogP contribution in [0.25, 0.3) is 11.0 Å². The SMILES string of the molecule is CCCNC1CCC(C)(c2cc3cc(F)ccc3o2)C1. The average molecular weight is 275 g/mol. The number of benzene rings is 1. The minimum Gasteiger partial charge on any atom is -0.460 e. The van der Waals surface area contributed by atoms with Gasteiger partial charge in [-0.1, -0.05) is 13.8 Å². The van der Waals surface area contributed by atoms with Crippen LogP contribution in [0.1, 0.15) is 45.3 Å². The lowest BCUT2D eigenvalue weighted by Crippen LogP contribution is -2.29. The van der Waals surface area contributed by atoms with E-state index in [0.29, 0.717) is 6.04 Å². The second-order valence-corrected chi connectivity index (χ2v) is 6.25. The number of hydrogen-bond acceptors (Lipinski definition) is 2. The van der Waals surface area contributed by atoms with E-state index in [1.165, 1.54) is 12.5 Å². The van der Waals surface area contributed by atoms with Gasteiger partial charge < -0.3 is 9.73 Å². The molecule has 1 N–H and O–H groups in total. The number of furan rings is 1. The first kappa shape index (κ1) is 13.6. The lowest BCUT2D eigenvalue weighted by Gasteiger charge is -2.21. The van der Waals surface area contributed by atoms with Gasteiger partial charge in [-0.05, 0) is 56.5 Å². The third-order valence-corrected chi connectivity index (χ3v) is 4.50. The summed E-state index contributed by atoms with van der Waals surface area (Å²) in [5.74, 6) is 0.794. The molecule has 1 heterocycles. The number of hydrogen-bond donors (Lipinski definition) is 1. The van der Waals surface area contributed by atoms with Crippen molar-refractivity contribution < 1.29 is 8.81 Å². The monoisotopic (exact) mass is 275 g/mol. The zero-order valence-electron chi connectivity index (χ0n) is 12.2. The quantitative estimate of drug-likeness (QED) is 0.895. The third-order valence-electron chi connectivity index (χ3n) is 4.50. The highest BCUT2D eigenvalue weighted by molar-refractivity contribution is 5.78. The van der Waals surface area contributed by atoms with Gasteiger partial charge in [-0.2, -0.15) is 0 Å². The number of rotatable bonds is 4. The fraction of sp³-hybridized carbons (Fsp3) is 0.529. The molecule has 1 fully saturated rings. The first-order valence-electron chi connectivity index (χ1n) is 7.54. The predicted molar refractivity (Wildman–Crippen MR) is 79.5 cm³/mol. The zero-order valence-corrected chi connectivity index (χ0v) is 12.2. The molecule has 0 radical (unpaired) electrons. The molecule has 0 bridgehead atoms. The maximum atomic E-state index is 13.3. The fourth-order valence-electron chi connectivity index (χ4n) is 3.30. The van der Waals surface area contributed by atoms with Crippen molar-refractivity contribution in [2.24, 2.45) is 0 Å². The predicted octanol–water partition coefficient (Wildman–Crippen LogP) is 4.38. The highest BCUT2D eigenvalue weighted by Crippen LogP contribution is 2.42. The van der Waals surface area contributed by atoms with Gasteiger partial charge in [0.15, 0.2) is 0 Å². The molecule has 1 saturated carbocycles. The second-order valence-electron chi connectivity index (χ2n) is 6.25. The van der Waals surface area contributed by atoms with E-state index < -0.39 is 0 Å². The Kier molecular flexibility index (Phi) is 3.55. The van der Waals surface area contributed by atoms with Gasteiger partial charge in [0.2, 0.25) is 0 Å². The van der Waals surface area contributed by atoms with Crippen LogP contribution >= 0.6 is 0 Å². The van der Waals surface area contributed by atoms with E-state index in [9.17, 15) is 4.39 Å². The molecular weight excluding hydrogens is 253 g/mol. The standard InChI is InChI=1S/C17H22FNO/c1-3-8-19-14-6-7-17(2,11-14)16-10-12-9-13(18)4-5-15(12)20-16/h4-5,9-10,14,19H,3,6-8,11H2,1-2H3. The Balaban J connectivity index is 1.83. The summed E-state index contributed by atoms with van der Waals surface area (Å²) in [6.07, 6.45) is 4.56. The van der Waals surface area contributed by atoms with Crippen LogP contribution in [0, 0.1) is 5.82 Å². The van der Waals surface area contributed by atoms with Crippen LogP contribution in [-0.4, -0.2) is 12.6 Å². The molecule has 1 aliphatic carbocycles. The summed E-state index contributed by atoms with van der Waals surface area (Å²) < 4.78 is 19.2. The summed E-state index contributed by atoms with van der Waals surface area (Å²) in [6, 6.07) is 7.32. The highest BCUT2D eigenvalue weighted by atomic mass is 19.1. The van der Waals surface area contributed by atoms with Gasteiger partial charge >= 0.3 is 0 Å². The van der Waals surface area contributed by atoms with Gasteiger partial charge in [-0.15, -0.1) is 0 Å². The largest absolute Gasteiger partial charge is 0.460 e. The topological polar surface area (TPSA) is 25.2 Å². The van der Waals surface area contributed by atoms with Crippen molar-refractivity contribution >= 4 is 11.0 Å². The van der Waals surface area contributed by atoms with Crippen LogP contribution in [0.3, 0.4) is 0 Å². The van der Waals surface area contributed by atoms with Gasteiger partial charge in [0.25, 0.3) is 0 Å². The van der Waals surface area contributed by atoms with Gasteiger partial charge in [0.1, 0.15) is 17.2 Å². The van der Waals surface area contributed by atoms with Crippen LogP contribution in [-0.2, 0) is 5.41 Å². The molecule has 1 aromatic carbocycles. The summed E-state index contributed by atoms with van der Waals surface area (Å²) in [4.78, 5) is 0. The Labute approximate surface area is 119 Å². The highest BCUT2D eigenvalue weighted by Gasteiger charge is 2.38. The summed E-state index contributed by atoms with van der Waals surface area (Å²) in [6.45, 7) is 5.52. The zero-order chi connectivity index (χ0) is 14.2. The summed E-state index contributed by atoms with van der Waals surface area (Å²) in [5, 5.41) is 4.46. The van der Waals surface area contributed by atoms with Crippen LogP contribution in [0.4, 0.5) is 4.39 Å². The van der Waals surface area contributed by atoms with Crippen molar-refractivity contribution in [3.8, 4) is 0 Å². The van der Waals surface area contributed by atoms with Crippen LogP contribution < -0.4 is 5.32 Å². The van der Waals surface area contributed by atoms with Crippen molar-refractivity contribution in [1.82, 2.24) is 5.32 Å². The van der Waals surface area contributed by atoms with Crippen molar-refractivity contribution in [3.05, 3.63) is 35.8 Å². The van der Waals surface area contributed by atoms with E-state index in [1.54, 1.807) is 12.1 Å². The Bertz CT molecular complexity index is 606. The van der Waals surface area contributed by atoms with Crippen molar-refractivity contribution in [2.75, 3.05) is 6.54 Å². The molecule has 3 heteroatoms. The molecule has 1 aromatic heterocycles. The lowest BCUT2D eigenvalue weighted by molar-refractivity contribution is 0.369. The van der Waals surface area contributed by atoms with Crippen LogP contribution in [0.5, 0.6) is 0 Å². The molecule has 1 aliphatic rings. The molecule has 2 nitrogen and oxygen atoms in total. The normalized spacial score (nSPS) is 26.4. The Morgan fingerprint density at radius 1 is 1.40 bits per heavy atom. The molecule has 3 rings (SSSR count). The van der Waals surface area contributed by atoms with E-state index in [4.69, 9.17) is 4.42 Å². The number of nitrogens with one attached hydrogen (secondary N) is 1. The molecule has 0 amide bonds. The van der Waals surface area contributed by atoms with E-state index >= 15 is 0 Å². The van der Waals surface area contributed by atoms with Gasteiger partial charge in [-0.3, -0.25) is 0 Å². The summed E-state index contributed by atoms with van der Waals surface area (Å²) in [5.41, 5.74) is 0.855. The van der Waals surface area contributed by atoms with Crippen molar-refractivity contribution in [3.63, 3.8) is 0 Å². The molecular formula is C17H22FNO. The average Bonchev–Trinajstić information content (AvgIpc) is 3.01. The third kappa shape index (κ3) is 2.47. The molecule has 2 aromatic rings. The minimum atomic E-state index is -0.205. The van der Waals surface area contributed by atoms with Crippen LogP contribution in [0.2, 0.25) is 0 Å². The van der Waals surface area contributed by atoms with Crippen molar-refractivity contribution in [1.29, 1.82) is 0 Å². The molecule has 0 aliphatic heterocycles. The van der Waals surface area contributed by atoms with Crippen molar-refractivity contribution in [2.45, 2.75) is 51.0 Å². The van der Waals surface area contributed by atoms with Gasteiger partial charge in [0.05, 0.1) is 0 Å². The lowest BCUT2D eigenvalue weighted by atomic mass is 9.85. The Hall–Kier alpha value is -1.35. The number of halogens is 1. The maximum absolute atomic E-state index is 13.3. The molecule has 108 valence electrons. The first-order chi connectivity index (χ1) is 9.60. The maximum Gasteiger partial charge on any atom is 0.134 e. The molecule has 0 spiro atoms. The minimum absolute atomic E-state index is 0.0703. The second kappa shape index (κ2) is 5.21. The Morgan fingerprint density at radius 3 is 3.05 bits per heavy atom. The first-order valence-corrected chi connectivity index (χ1v) is 7.54. The van der Waals surface area contributed by atoms with Gasteiger partial charge in [0, 0.05) is 16.8 Å². The smallest absolute Gasteiger partial charge is 0.134 e. The Morgan fingerprint density at radius 2 is 2.25 bits per heavy atom. The summed E-state index contributed by atoms with van der Waals surface area (Å²) in [7, 11) is 0. The molecule has 20 heavy (non-hydrogen) atoms. The molecule has 2 atom stereocenters. The van der Waals surface area contributed by atoms with E-state index in [0.717, 1.165) is 42.5 Å². The molecule has 0 saturated heterocycles.